The van der Waals surface area contributed by atoms with Crippen molar-refractivity contribution in [3.8, 4) is 0 Å². The van der Waals surface area contributed by atoms with Crippen LogP contribution in [0.3, 0.4) is 0 Å². The minimum atomic E-state index is 0.921. The van der Waals surface area contributed by atoms with Crippen LogP contribution in [0.15, 0.2) is 21.1 Å². The monoisotopic (exact) mass is 292 g/mol. The molecule has 2 nitrogen and oxygen atoms in total. The lowest BCUT2D eigenvalue weighted by molar-refractivity contribution is 1.57. The summed E-state index contributed by atoms with van der Waals surface area (Å²) in [7, 11) is 0. The lowest BCUT2D eigenvalue weighted by Crippen LogP contribution is -1.73. The first kappa shape index (κ1) is 7.64. The van der Waals surface area contributed by atoms with E-state index in [1.807, 2.05) is 12.1 Å². The SMILES string of the molecule is Brc1ccc2nsnc2c1Br. The Labute approximate surface area is 84.2 Å². The van der Waals surface area contributed by atoms with E-state index in [2.05, 4.69) is 40.6 Å². The number of hydrogen-bond donors (Lipinski definition) is 0. The van der Waals surface area contributed by atoms with Gasteiger partial charge in [0.25, 0.3) is 0 Å². The number of hydrogen-bond acceptors (Lipinski definition) is 3. The van der Waals surface area contributed by atoms with Crippen molar-refractivity contribution in [1.29, 1.82) is 0 Å². The highest BCUT2D eigenvalue weighted by Crippen LogP contribution is 2.29. The molecule has 11 heavy (non-hydrogen) atoms. The molecule has 1 aromatic carbocycles. The second-order valence-electron chi connectivity index (χ2n) is 1.99. The van der Waals surface area contributed by atoms with Gasteiger partial charge in [0, 0.05) is 4.47 Å². The van der Waals surface area contributed by atoms with Crippen LogP contribution in [-0.2, 0) is 0 Å². The van der Waals surface area contributed by atoms with Gasteiger partial charge in [0.15, 0.2) is 0 Å². The largest absolute Gasteiger partial charge is 0.173 e. The lowest BCUT2D eigenvalue weighted by Gasteiger charge is -1.93. The van der Waals surface area contributed by atoms with Crippen LogP contribution in [0.5, 0.6) is 0 Å². The van der Waals surface area contributed by atoms with Gasteiger partial charge in [-0.15, -0.1) is 0 Å². The van der Waals surface area contributed by atoms with Crippen LogP contribution < -0.4 is 0 Å². The lowest BCUT2D eigenvalue weighted by atomic mass is 10.3. The summed E-state index contributed by atoms with van der Waals surface area (Å²) in [6.45, 7) is 0. The smallest absolute Gasteiger partial charge is 0.120 e. The maximum atomic E-state index is 4.13. The van der Waals surface area contributed by atoms with Gasteiger partial charge in [-0.1, -0.05) is 0 Å². The molecule has 2 aromatic rings. The molecular formula is C6H2Br2N2S. The van der Waals surface area contributed by atoms with E-state index in [4.69, 9.17) is 0 Å². The second-order valence-corrected chi connectivity index (χ2v) is 4.17. The third kappa shape index (κ3) is 1.21. The molecule has 0 aliphatic rings. The standard InChI is InChI=1S/C6H2Br2N2S/c7-3-1-2-4-6(5(3)8)10-11-9-4/h1-2H. The van der Waals surface area contributed by atoms with Crippen molar-refractivity contribution in [2.75, 3.05) is 0 Å². The zero-order chi connectivity index (χ0) is 7.84. The van der Waals surface area contributed by atoms with E-state index >= 15 is 0 Å². The Morgan fingerprint density at radius 2 is 2.00 bits per heavy atom. The Morgan fingerprint density at radius 1 is 1.18 bits per heavy atom. The van der Waals surface area contributed by atoms with Crippen LogP contribution in [0, 0.1) is 0 Å². The summed E-state index contributed by atoms with van der Waals surface area (Å²) in [6, 6.07) is 3.89. The van der Waals surface area contributed by atoms with Gasteiger partial charge in [-0.05, 0) is 44.0 Å². The summed E-state index contributed by atoms with van der Waals surface area (Å²) in [6.07, 6.45) is 0. The molecule has 0 aliphatic carbocycles. The van der Waals surface area contributed by atoms with Crippen molar-refractivity contribution >= 4 is 54.6 Å². The van der Waals surface area contributed by atoms with Gasteiger partial charge in [0.2, 0.25) is 0 Å². The molecule has 0 radical (unpaired) electrons. The zero-order valence-corrected chi connectivity index (χ0v) is 9.20. The van der Waals surface area contributed by atoms with Crippen molar-refractivity contribution in [2.45, 2.75) is 0 Å². The van der Waals surface area contributed by atoms with Crippen molar-refractivity contribution < 1.29 is 0 Å². The highest BCUT2D eigenvalue weighted by Gasteiger charge is 2.05. The van der Waals surface area contributed by atoms with Crippen LogP contribution >= 0.6 is 43.6 Å². The van der Waals surface area contributed by atoms with Gasteiger partial charge in [0.1, 0.15) is 11.0 Å². The van der Waals surface area contributed by atoms with Crippen LogP contribution in [0.4, 0.5) is 0 Å². The highest BCUT2D eigenvalue weighted by molar-refractivity contribution is 9.13. The van der Waals surface area contributed by atoms with Crippen molar-refractivity contribution in [1.82, 2.24) is 8.75 Å². The van der Waals surface area contributed by atoms with Gasteiger partial charge < -0.3 is 0 Å². The molecule has 0 saturated heterocycles. The fourth-order valence-electron chi connectivity index (χ4n) is 0.795. The Kier molecular flexibility index (Phi) is 1.95. The minimum absolute atomic E-state index is 0.921. The maximum Gasteiger partial charge on any atom is 0.120 e. The number of benzene rings is 1. The predicted molar refractivity (Wildman–Crippen MR) is 52.8 cm³/mol. The van der Waals surface area contributed by atoms with Crippen LogP contribution in [0.25, 0.3) is 11.0 Å². The molecule has 0 saturated carbocycles. The molecule has 56 valence electrons. The Balaban J connectivity index is 2.93. The maximum absolute atomic E-state index is 4.13. The molecule has 0 amide bonds. The second kappa shape index (κ2) is 2.80. The summed E-state index contributed by atoms with van der Waals surface area (Å²) < 4.78 is 10.2. The summed E-state index contributed by atoms with van der Waals surface area (Å²) in [4.78, 5) is 0. The van der Waals surface area contributed by atoms with Crippen LogP contribution in [0.2, 0.25) is 0 Å². The summed E-state index contributed by atoms with van der Waals surface area (Å²) in [5.41, 5.74) is 1.86. The average Bonchev–Trinajstić information content (AvgIpc) is 2.45. The molecule has 2 rings (SSSR count). The first-order valence-corrected chi connectivity index (χ1v) is 5.17. The number of rotatable bonds is 0. The molecule has 1 aromatic heterocycles. The average molecular weight is 294 g/mol. The van der Waals surface area contributed by atoms with Crippen molar-refractivity contribution in [2.24, 2.45) is 0 Å². The molecule has 0 N–H and O–H groups in total. The van der Waals surface area contributed by atoms with Crippen molar-refractivity contribution in [3.05, 3.63) is 21.1 Å². The van der Waals surface area contributed by atoms with E-state index in [0.717, 1.165) is 20.0 Å². The fourth-order valence-corrected chi connectivity index (χ4v) is 2.20. The molecule has 0 fully saturated rings. The summed E-state index contributed by atoms with van der Waals surface area (Å²) in [5.74, 6) is 0. The van der Waals surface area contributed by atoms with E-state index in [0.29, 0.717) is 0 Å². The molecule has 0 aliphatic heterocycles. The predicted octanol–water partition coefficient (Wildman–Crippen LogP) is 3.22. The minimum Gasteiger partial charge on any atom is -0.173 e. The van der Waals surface area contributed by atoms with E-state index in [9.17, 15) is 0 Å². The van der Waals surface area contributed by atoms with Crippen LogP contribution in [-0.4, -0.2) is 8.75 Å². The van der Waals surface area contributed by atoms with Crippen molar-refractivity contribution in [3.63, 3.8) is 0 Å². The highest BCUT2D eigenvalue weighted by atomic mass is 79.9. The molecule has 1 heterocycles. The third-order valence-corrected chi connectivity index (χ3v) is 3.86. The third-order valence-electron chi connectivity index (χ3n) is 1.32. The first-order valence-electron chi connectivity index (χ1n) is 2.85. The van der Waals surface area contributed by atoms with Gasteiger partial charge >= 0.3 is 0 Å². The zero-order valence-electron chi connectivity index (χ0n) is 5.21. The van der Waals surface area contributed by atoms with Gasteiger partial charge in [-0.25, -0.2) is 0 Å². The summed E-state index contributed by atoms with van der Waals surface area (Å²) in [5, 5.41) is 0. The Morgan fingerprint density at radius 3 is 2.82 bits per heavy atom. The normalized spacial score (nSPS) is 10.7. The molecule has 5 heteroatoms. The Hall–Kier alpha value is -0.000000000000000111. The number of aromatic nitrogens is 2. The molecule has 0 atom stereocenters. The fraction of sp³-hybridized carbons (Fsp3) is 0. The number of nitrogens with zero attached hydrogens (tertiary/aromatic N) is 2. The Bertz CT molecular complexity index is 398. The number of fused-ring (bicyclic) bond motifs is 1. The molecular weight excluding hydrogens is 292 g/mol. The topological polar surface area (TPSA) is 25.8 Å². The number of halogens is 2. The molecule has 0 bridgehead atoms. The van der Waals surface area contributed by atoms with Gasteiger partial charge in [-0.3, -0.25) is 0 Å². The van der Waals surface area contributed by atoms with E-state index in [1.165, 1.54) is 11.7 Å². The van der Waals surface area contributed by atoms with Gasteiger partial charge in [0.05, 0.1) is 16.2 Å². The van der Waals surface area contributed by atoms with Crippen LogP contribution in [0.1, 0.15) is 0 Å². The van der Waals surface area contributed by atoms with E-state index < -0.39 is 0 Å². The molecule has 0 unspecified atom stereocenters. The first-order chi connectivity index (χ1) is 5.29. The van der Waals surface area contributed by atoms with E-state index in [-0.39, 0.29) is 0 Å². The molecule has 0 spiro atoms. The summed E-state index contributed by atoms with van der Waals surface area (Å²) >= 11 is 8.03. The van der Waals surface area contributed by atoms with Gasteiger partial charge in [-0.2, -0.15) is 8.75 Å². The quantitative estimate of drug-likeness (QED) is 0.745. The van der Waals surface area contributed by atoms with E-state index in [1.54, 1.807) is 0 Å².